The highest BCUT2D eigenvalue weighted by Crippen LogP contribution is 2.37. The van der Waals surface area contributed by atoms with E-state index < -0.39 is 0 Å². The van der Waals surface area contributed by atoms with Crippen LogP contribution in [0.4, 0.5) is 0 Å². The lowest BCUT2D eigenvalue weighted by molar-refractivity contribution is -0.124. The first-order valence-corrected chi connectivity index (χ1v) is 12.5. The Labute approximate surface area is 213 Å². The minimum Gasteiger partial charge on any atom is -0.493 e. The monoisotopic (exact) mass is 548 g/mol. The van der Waals surface area contributed by atoms with Crippen molar-refractivity contribution in [1.29, 1.82) is 0 Å². The van der Waals surface area contributed by atoms with Gasteiger partial charge in [0, 0.05) is 22.6 Å². The van der Waals surface area contributed by atoms with Crippen molar-refractivity contribution in [1.82, 2.24) is 9.80 Å². The lowest BCUT2D eigenvalue weighted by Crippen LogP contribution is -2.41. The highest BCUT2D eigenvalue weighted by molar-refractivity contribution is 9.10. The predicted molar refractivity (Wildman–Crippen MR) is 139 cm³/mol. The van der Waals surface area contributed by atoms with Gasteiger partial charge in [0.1, 0.15) is 12.3 Å². The molecule has 2 aromatic rings. The molecule has 0 atom stereocenters. The van der Waals surface area contributed by atoms with Crippen molar-refractivity contribution < 1.29 is 14.3 Å². The van der Waals surface area contributed by atoms with E-state index in [4.69, 9.17) is 33.3 Å². The Balaban J connectivity index is 1.57. The van der Waals surface area contributed by atoms with Crippen LogP contribution in [0.25, 0.3) is 6.08 Å². The molecule has 0 spiro atoms. The van der Waals surface area contributed by atoms with Crippen molar-refractivity contribution in [3.63, 3.8) is 0 Å². The van der Waals surface area contributed by atoms with Crippen molar-refractivity contribution in [2.45, 2.75) is 44.8 Å². The number of ether oxygens (including phenoxy) is 2. The number of carbonyl (C=O) groups is 1. The summed E-state index contributed by atoms with van der Waals surface area (Å²) in [5, 5.41) is 1.26. The fourth-order valence-corrected chi connectivity index (χ4v) is 5.15. The van der Waals surface area contributed by atoms with Gasteiger partial charge in [-0.15, -0.1) is 0 Å². The summed E-state index contributed by atoms with van der Waals surface area (Å²) in [4.78, 5) is 16.9. The second-order valence-electron chi connectivity index (χ2n) is 8.28. The van der Waals surface area contributed by atoms with Crippen LogP contribution in [-0.4, -0.2) is 41.0 Å². The number of halogens is 2. The molecule has 4 rings (SSSR count). The largest absolute Gasteiger partial charge is 0.493 e. The third kappa shape index (κ3) is 5.20. The summed E-state index contributed by atoms with van der Waals surface area (Å²) >= 11 is 15.2. The van der Waals surface area contributed by atoms with Gasteiger partial charge in [-0.1, -0.05) is 58.9 Å². The molecule has 0 aromatic heterocycles. The van der Waals surface area contributed by atoms with Gasteiger partial charge in [-0.3, -0.25) is 9.69 Å². The van der Waals surface area contributed by atoms with Crippen molar-refractivity contribution in [2.24, 2.45) is 0 Å². The molecule has 0 N–H and O–H groups in total. The summed E-state index contributed by atoms with van der Waals surface area (Å²) in [6.07, 6.45) is 7.37. The Hall–Kier alpha value is -2.09. The van der Waals surface area contributed by atoms with Gasteiger partial charge in [-0.2, -0.15) is 0 Å². The molecule has 33 heavy (non-hydrogen) atoms. The molecule has 1 aliphatic heterocycles. The van der Waals surface area contributed by atoms with Crippen LogP contribution in [0.1, 0.15) is 43.2 Å². The lowest BCUT2D eigenvalue weighted by atomic mass is 9.94. The summed E-state index contributed by atoms with van der Waals surface area (Å²) in [6, 6.07) is 11.4. The second-order valence-corrected chi connectivity index (χ2v) is 9.93. The molecule has 5 nitrogen and oxygen atoms in total. The molecule has 2 aromatic carbocycles. The van der Waals surface area contributed by atoms with E-state index in [9.17, 15) is 4.79 Å². The third-order valence-electron chi connectivity index (χ3n) is 6.11. The Kier molecular flexibility index (Phi) is 7.62. The molecule has 2 aliphatic rings. The molecule has 2 fully saturated rings. The van der Waals surface area contributed by atoms with Crippen molar-refractivity contribution in [3.05, 3.63) is 62.7 Å². The quantitative estimate of drug-likeness (QED) is 0.307. The normalized spacial score (nSPS) is 18.4. The summed E-state index contributed by atoms with van der Waals surface area (Å²) in [7, 11) is 3.45. The zero-order valence-electron chi connectivity index (χ0n) is 18.6. The van der Waals surface area contributed by atoms with Gasteiger partial charge in [0.05, 0.1) is 7.11 Å². The van der Waals surface area contributed by atoms with Crippen LogP contribution in [-0.2, 0) is 11.4 Å². The second kappa shape index (κ2) is 10.5. The number of rotatable bonds is 6. The van der Waals surface area contributed by atoms with Crippen molar-refractivity contribution >= 4 is 56.8 Å². The Morgan fingerprint density at radius 2 is 1.85 bits per heavy atom. The van der Waals surface area contributed by atoms with E-state index in [1.165, 1.54) is 6.42 Å². The molecule has 0 unspecified atom stereocenters. The van der Waals surface area contributed by atoms with Gasteiger partial charge < -0.3 is 14.4 Å². The van der Waals surface area contributed by atoms with E-state index in [2.05, 4.69) is 15.9 Å². The van der Waals surface area contributed by atoms with Gasteiger partial charge in [0.25, 0.3) is 5.91 Å². The first-order valence-electron chi connectivity index (χ1n) is 11.0. The SMILES string of the molecule is COc1cc(/C=C2/C(=O)N(C3CCCCC3)C(=S)N2C)c(Br)cc1OCc1ccc(Cl)cc1. The number of methoxy groups -OCH3 is 1. The van der Waals surface area contributed by atoms with Crippen LogP contribution in [0, 0.1) is 0 Å². The number of hydrogen-bond acceptors (Lipinski definition) is 4. The van der Waals surface area contributed by atoms with Crippen LogP contribution < -0.4 is 9.47 Å². The van der Waals surface area contributed by atoms with Crippen LogP contribution in [0.2, 0.25) is 5.02 Å². The molecule has 1 saturated heterocycles. The maximum atomic E-state index is 13.3. The highest BCUT2D eigenvalue weighted by atomic mass is 79.9. The maximum Gasteiger partial charge on any atom is 0.277 e. The van der Waals surface area contributed by atoms with Crippen LogP contribution >= 0.6 is 39.7 Å². The minimum absolute atomic E-state index is 0.0386. The van der Waals surface area contributed by atoms with Gasteiger partial charge in [-0.05, 0) is 66.5 Å². The number of likely N-dealkylation sites (N-methyl/N-ethyl adjacent to an activating group) is 1. The number of amides is 1. The summed E-state index contributed by atoms with van der Waals surface area (Å²) in [5.41, 5.74) is 2.37. The van der Waals surface area contributed by atoms with E-state index in [1.54, 1.807) is 16.9 Å². The third-order valence-corrected chi connectivity index (χ3v) is 7.52. The smallest absolute Gasteiger partial charge is 0.277 e. The number of benzene rings is 2. The average molecular weight is 550 g/mol. The molecule has 1 heterocycles. The summed E-state index contributed by atoms with van der Waals surface area (Å²) in [5.74, 6) is 1.15. The van der Waals surface area contributed by atoms with Crippen molar-refractivity contribution in [3.8, 4) is 11.5 Å². The first-order chi connectivity index (χ1) is 15.9. The van der Waals surface area contributed by atoms with Crippen LogP contribution in [0.15, 0.2) is 46.6 Å². The number of carbonyl (C=O) groups excluding carboxylic acids is 1. The minimum atomic E-state index is -0.0386. The van der Waals surface area contributed by atoms with Gasteiger partial charge in [-0.25, -0.2) is 0 Å². The molecule has 1 saturated carbocycles. The number of hydrogen-bond donors (Lipinski definition) is 0. The van der Waals surface area contributed by atoms with E-state index in [0.717, 1.165) is 41.3 Å². The van der Waals surface area contributed by atoms with E-state index >= 15 is 0 Å². The van der Waals surface area contributed by atoms with Gasteiger partial charge >= 0.3 is 0 Å². The Bertz CT molecular complexity index is 1080. The summed E-state index contributed by atoms with van der Waals surface area (Å²) in [6.45, 7) is 0.381. The first kappa shape index (κ1) is 24.0. The topological polar surface area (TPSA) is 42.0 Å². The maximum absolute atomic E-state index is 13.3. The van der Waals surface area contributed by atoms with E-state index in [-0.39, 0.29) is 11.9 Å². The Morgan fingerprint density at radius 3 is 2.52 bits per heavy atom. The zero-order valence-corrected chi connectivity index (χ0v) is 21.8. The fraction of sp³-hybridized carbons (Fsp3) is 0.360. The van der Waals surface area contributed by atoms with Crippen LogP contribution in [0.3, 0.4) is 0 Å². The predicted octanol–water partition coefficient (Wildman–Crippen LogP) is 6.42. The molecular weight excluding hydrogens is 524 g/mol. The highest BCUT2D eigenvalue weighted by Gasteiger charge is 2.40. The lowest BCUT2D eigenvalue weighted by Gasteiger charge is -2.30. The summed E-state index contributed by atoms with van der Waals surface area (Å²) < 4.78 is 12.4. The van der Waals surface area contributed by atoms with Gasteiger partial charge in [0.2, 0.25) is 0 Å². The standard InChI is InChI=1S/C25H26BrClN2O3S/c1-28-21(24(30)29(25(28)33)19-6-4-3-5-7-19)12-17-13-22(31-2)23(14-20(17)26)32-15-16-8-10-18(27)11-9-16/h8-14,19H,3-7,15H2,1-2H3/b21-12-. The molecule has 0 radical (unpaired) electrons. The molecule has 1 amide bonds. The molecule has 1 aliphatic carbocycles. The number of nitrogens with zero attached hydrogens (tertiary/aromatic N) is 2. The molecule has 8 heteroatoms. The van der Waals surface area contributed by atoms with Gasteiger partial charge in [0.15, 0.2) is 16.6 Å². The number of thiocarbonyl (C=S) groups is 1. The molecule has 0 bridgehead atoms. The fourth-order valence-electron chi connectivity index (χ4n) is 4.26. The average Bonchev–Trinajstić information content (AvgIpc) is 3.03. The molecule has 174 valence electrons. The van der Waals surface area contributed by atoms with E-state index in [0.29, 0.717) is 33.9 Å². The van der Waals surface area contributed by atoms with Crippen LogP contribution in [0.5, 0.6) is 11.5 Å². The van der Waals surface area contributed by atoms with Crippen molar-refractivity contribution in [2.75, 3.05) is 14.2 Å². The molecular formula is C25H26BrClN2O3S. The zero-order chi connectivity index (χ0) is 23.5. The Morgan fingerprint density at radius 1 is 1.15 bits per heavy atom. The van der Waals surface area contributed by atoms with E-state index in [1.807, 2.05) is 49.5 Å².